The molecule has 0 aliphatic heterocycles. The minimum absolute atomic E-state index is 0.247. The number of hydrogen-bond acceptors (Lipinski definition) is 2. The predicted molar refractivity (Wildman–Crippen MR) is 64.8 cm³/mol. The van der Waals surface area contributed by atoms with Crippen molar-refractivity contribution in [1.82, 2.24) is 10.2 Å². The summed E-state index contributed by atoms with van der Waals surface area (Å²) in [5, 5.41) is 11.3. The van der Waals surface area contributed by atoms with E-state index in [1.54, 1.807) is 4.90 Å². The standard InChI is InChI=1S/C12H22N2O3/c1-8(2)6-7-14(10-4-5-10)12(17)13-9(3)11(15)16/h8-10H,4-7H2,1-3H3,(H,13,17)(H,15,16)/t9-/m0/s1. The minimum atomic E-state index is -1.00. The summed E-state index contributed by atoms with van der Waals surface area (Å²) < 4.78 is 0. The van der Waals surface area contributed by atoms with Gasteiger partial charge in [0.15, 0.2) is 0 Å². The molecule has 1 aliphatic rings. The highest BCUT2D eigenvalue weighted by molar-refractivity contribution is 5.82. The van der Waals surface area contributed by atoms with Gasteiger partial charge in [-0.05, 0) is 32.1 Å². The Morgan fingerprint density at radius 2 is 1.94 bits per heavy atom. The quantitative estimate of drug-likeness (QED) is 0.744. The van der Waals surface area contributed by atoms with Gasteiger partial charge in [-0.2, -0.15) is 0 Å². The van der Waals surface area contributed by atoms with Crippen molar-refractivity contribution in [2.24, 2.45) is 5.92 Å². The Bertz CT molecular complexity index is 287. The van der Waals surface area contributed by atoms with Crippen molar-refractivity contribution in [1.29, 1.82) is 0 Å². The van der Waals surface area contributed by atoms with Gasteiger partial charge in [-0.25, -0.2) is 4.79 Å². The number of carbonyl (C=O) groups is 2. The lowest BCUT2D eigenvalue weighted by Gasteiger charge is -2.24. The molecule has 0 radical (unpaired) electrons. The molecule has 0 heterocycles. The number of rotatable bonds is 6. The second kappa shape index (κ2) is 5.89. The first-order valence-corrected chi connectivity index (χ1v) is 6.21. The molecule has 0 aromatic rings. The Labute approximate surface area is 102 Å². The van der Waals surface area contributed by atoms with Crippen LogP contribution in [-0.4, -0.2) is 40.6 Å². The molecule has 17 heavy (non-hydrogen) atoms. The monoisotopic (exact) mass is 242 g/mol. The highest BCUT2D eigenvalue weighted by Crippen LogP contribution is 2.27. The minimum Gasteiger partial charge on any atom is -0.480 e. The smallest absolute Gasteiger partial charge is 0.325 e. The number of aliphatic carboxylic acids is 1. The summed E-state index contributed by atoms with van der Waals surface area (Å²) in [6.07, 6.45) is 3.02. The van der Waals surface area contributed by atoms with Gasteiger partial charge in [-0.1, -0.05) is 13.8 Å². The maximum Gasteiger partial charge on any atom is 0.325 e. The zero-order valence-corrected chi connectivity index (χ0v) is 10.8. The fraction of sp³-hybridized carbons (Fsp3) is 0.833. The molecule has 1 fully saturated rings. The Kier molecular flexibility index (Phi) is 4.78. The zero-order valence-electron chi connectivity index (χ0n) is 10.8. The Morgan fingerprint density at radius 1 is 1.35 bits per heavy atom. The molecule has 5 nitrogen and oxygen atoms in total. The van der Waals surface area contributed by atoms with Crippen molar-refractivity contribution in [2.45, 2.75) is 52.1 Å². The lowest BCUT2D eigenvalue weighted by molar-refractivity contribution is -0.138. The largest absolute Gasteiger partial charge is 0.480 e. The number of carboxylic acid groups (broad SMARTS) is 1. The number of nitrogens with zero attached hydrogens (tertiary/aromatic N) is 1. The molecule has 2 amide bonds. The van der Waals surface area contributed by atoms with Crippen molar-refractivity contribution in [3.8, 4) is 0 Å². The summed E-state index contributed by atoms with van der Waals surface area (Å²) in [6.45, 7) is 6.42. The number of urea groups is 1. The van der Waals surface area contributed by atoms with Crippen LogP contribution in [0.15, 0.2) is 0 Å². The topological polar surface area (TPSA) is 69.6 Å². The summed E-state index contributed by atoms with van der Waals surface area (Å²) in [5.74, 6) is -0.459. The number of amides is 2. The Balaban J connectivity index is 2.46. The van der Waals surface area contributed by atoms with Crippen LogP contribution in [0.1, 0.15) is 40.0 Å². The molecule has 0 unspecified atom stereocenters. The molecular weight excluding hydrogens is 220 g/mol. The molecule has 0 aromatic heterocycles. The van der Waals surface area contributed by atoms with Crippen LogP contribution in [0.2, 0.25) is 0 Å². The molecule has 5 heteroatoms. The summed E-state index contributed by atoms with van der Waals surface area (Å²) in [6, 6.07) is -0.763. The fourth-order valence-corrected chi connectivity index (χ4v) is 1.56. The van der Waals surface area contributed by atoms with Crippen LogP contribution in [0.25, 0.3) is 0 Å². The third kappa shape index (κ3) is 4.63. The normalized spacial score (nSPS) is 16.7. The van der Waals surface area contributed by atoms with Crippen molar-refractivity contribution >= 4 is 12.0 Å². The van der Waals surface area contributed by atoms with E-state index in [4.69, 9.17) is 5.11 Å². The van der Waals surface area contributed by atoms with Gasteiger partial charge in [0.1, 0.15) is 6.04 Å². The maximum absolute atomic E-state index is 11.9. The third-order valence-electron chi connectivity index (χ3n) is 2.91. The second-order valence-electron chi connectivity index (χ2n) is 5.12. The lowest BCUT2D eigenvalue weighted by atomic mass is 10.1. The first-order chi connectivity index (χ1) is 7.91. The van der Waals surface area contributed by atoms with E-state index in [1.807, 2.05) is 0 Å². The molecule has 0 bridgehead atoms. The first kappa shape index (κ1) is 13.8. The molecule has 0 aromatic carbocycles. The molecule has 1 aliphatic carbocycles. The molecule has 98 valence electrons. The molecule has 2 N–H and O–H groups in total. The van der Waals surface area contributed by atoms with E-state index in [2.05, 4.69) is 19.2 Å². The summed E-state index contributed by atoms with van der Waals surface area (Å²) in [7, 11) is 0. The highest BCUT2D eigenvalue weighted by atomic mass is 16.4. The van der Waals surface area contributed by atoms with Crippen LogP contribution in [-0.2, 0) is 4.79 Å². The molecule has 1 saturated carbocycles. The van der Waals surface area contributed by atoms with Gasteiger partial charge < -0.3 is 15.3 Å². The van der Waals surface area contributed by atoms with Crippen molar-refractivity contribution in [2.75, 3.05) is 6.54 Å². The third-order valence-corrected chi connectivity index (χ3v) is 2.91. The second-order valence-corrected chi connectivity index (χ2v) is 5.12. The number of carbonyl (C=O) groups excluding carboxylic acids is 1. The van der Waals surface area contributed by atoms with Gasteiger partial charge >= 0.3 is 12.0 Å². The summed E-state index contributed by atoms with van der Waals surface area (Å²) >= 11 is 0. The molecule has 1 rings (SSSR count). The Morgan fingerprint density at radius 3 is 2.35 bits per heavy atom. The van der Waals surface area contributed by atoms with Gasteiger partial charge in [0.2, 0.25) is 0 Å². The van der Waals surface area contributed by atoms with Crippen LogP contribution in [0, 0.1) is 5.92 Å². The highest BCUT2D eigenvalue weighted by Gasteiger charge is 2.33. The fourth-order valence-electron chi connectivity index (χ4n) is 1.56. The van der Waals surface area contributed by atoms with Crippen LogP contribution in [0.3, 0.4) is 0 Å². The van der Waals surface area contributed by atoms with Crippen LogP contribution < -0.4 is 5.32 Å². The number of carboxylic acids is 1. The summed E-state index contributed by atoms with van der Waals surface area (Å²) in [4.78, 5) is 24.4. The summed E-state index contributed by atoms with van der Waals surface area (Å²) in [5.41, 5.74) is 0. The average molecular weight is 242 g/mol. The van der Waals surface area contributed by atoms with E-state index in [1.165, 1.54) is 6.92 Å². The maximum atomic E-state index is 11.9. The van der Waals surface area contributed by atoms with Gasteiger partial charge in [-0.3, -0.25) is 4.79 Å². The van der Waals surface area contributed by atoms with Gasteiger partial charge in [0.05, 0.1) is 0 Å². The predicted octanol–water partition coefficient (Wildman–Crippen LogP) is 1.68. The van der Waals surface area contributed by atoms with E-state index >= 15 is 0 Å². The van der Waals surface area contributed by atoms with Gasteiger partial charge in [-0.15, -0.1) is 0 Å². The van der Waals surface area contributed by atoms with Crippen molar-refractivity contribution in [3.63, 3.8) is 0 Å². The zero-order chi connectivity index (χ0) is 13.0. The van der Waals surface area contributed by atoms with Crippen molar-refractivity contribution < 1.29 is 14.7 Å². The number of hydrogen-bond donors (Lipinski definition) is 2. The Hall–Kier alpha value is -1.26. The van der Waals surface area contributed by atoms with Crippen LogP contribution in [0.5, 0.6) is 0 Å². The van der Waals surface area contributed by atoms with E-state index < -0.39 is 12.0 Å². The van der Waals surface area contributed by atoms with E-state index in [0.29, 0.717) is 18.5 Å². The van der Waals surface area contributed by atoms with Crippen LogP contribution >= 0.6 is 0 Å². The molecule has 0 spiro atoms. The average Bonchev–Trinajstić information content (AvgIpc) is 3.01. The molecule has 1 atom stereocenters. The van der Waals surface area contributed by atoms with Gasteiger partial charge in [0, 0.05) is 12.6 Å². The van der Waals surface area contributed by atoms with E-state index in [9.17, 15) is 9.59 Å². The van der Waals surface area contributed by atoms with E-state index in [-0.39, 0.29) is 6.03 Å². The van der Waals surface area contributed by atoms with Crippen LogP contribution in [0.4, 0.5) is 4.79 Å². The van der Waals surface area contributed by atoms with Crippen molar-refractivity contribution in [3.05, 3.63) is 0 Å². The number of nitrogens with one attached hydrogen (secondary N) is 1. The SMILES string of the molecule is CC(C)CCN(C(=O)N[C@@H](C)C(=O)O)C1CC1. The van der Waals surface area contributed by atoms with Gasteiger partial charge in [0.25, 0.3) is 0 Å². The molecule has 0 saturated heterocycles. The first-order valence-electron chi connectivity index (χ1n) is 6.21. The van der Waals surface area contributed by atoms with E-state index in [0.717, 1.165) is 19.3 Å². The lowest BCUT2D eigenvalue weighted by Crippen LogP contribution is -2.48. The molecular formula is C12H22N2O3.